The first-order chi connectivity index (χ1) is 15.6. The van der Waals surface area contributed by atoms with Gasteiger partial charge in [0.2, 0.25) is 0 Å². The minimum Gasteiger partial charge on any atom is -0.370 e. The van der Waals surface area contributed by atoms with Crippen LogP contribution in [0.5, 0.6) is 0 Å². The first-order valence-corrected chi connectivity index (χ1v) is 11.7. The molecule has 2 fully saturated rings. The zero-order chi connectivity index (χ0) is 22.3. The molecule has 32 heavy (non-hydrogen) atoms. The van der Waals surface area contributed by atoms with Gasteiger partial charge in [0.05, 0.1) is 13.2 Å². The second-order valence-electron chi connectivity index (χ2n) is 8.96. The van der Waals surface area contributed by atoms with Gasteiger partial charge in [0.25, 0.3) is 0 Å². The van der Waals surface area contributed by atoms with Crippen LogP contribution in [0.15, 0.2) is 53.5 Å². The molecule has 0 amide bonds. The summed E-state index contributed by atoms with van der Waals surface area (Å²) in [5.74, 6) is 0.938. The molecule has 2 heterocycles. The van der Waals surface area contributed by atoms with E-state index in [1.54, 1.807) is 0 Å². The second-order valence-corrected chi connectivity index (χ2v) is 8.96. The Labute approximate surface area is 192 Å². The molecule has 1 atom stereocenters. The number of likely N-dealkylation sites (N-methyl/N-ethyl adjacent to an activating group) is 1. The monoisotopic (exact) mass is 435 g/mol. The largest absolute Gasteiger partial charge is 0.370 e. The number of aliphatic imine (C=N–C) groups is 1. The number of ether oxygens (including phenoxy) is 1. The Morgan fingerprint density at radius 3 is 2.44 bits per heavy atom. The van der Waals surface area contributed by atoms with Crippen LogP contribution in [0.3, 0.4) is 0 Å². The highest BCUT2D eigenvalue weighted by atomic mass is 16.5. The van der Waals surface area contributed by atoms with E-state index in [-0.39, 0.29) is 6.10 Å². The Morgan fingerprint density at radius 2 is 1.72 bits per heavy atom. The third kappa shape index (κ3) is 5.88. The number of benzene rings is 2. The van der Waals surface area contributed by atoms with Crippen LogP contribution >= 0.6 is 0 Å². The van der Waals surface area contributed by atoms with Crippen LogP contribution in [0, 0.1) is 6.92 Å². The first kappa shape index (κ1) is 22.8. The predicted molar refractivity (Wildman–Crippen MR) is 131 cm³/mol. The molecule has 1 N–H and O–H groups in total. The smallest absolute Gasteiger partial charge is 0.194 e. The van der Waals surface area contributed by atoms with Gasteiger partial charge < -0.3 is 19.9 Å². The molecule has 2 aromatic rings. The van der Waals surface area contributed by atoms with Crippen molar-refractivity contribution in [2.75, 3.05) is 60.0 Å². The Balaban J connectivity index is 1.30. The standard InChI is InChI=1S/C26H37N5O/c1-21-6-4-5-7-24(21)25-20-31(16-17-32-25)26(27-2)28-18-22-8-10-23(11-9-22)19-30-14-12-29(3)13-15-30/h4-11,25H,12-20H2,1-3H3,(H,27,28). The van der Waals surface area contributed by atoms with Crippen LogP contribution in [-0.2, 0) is 17.8 Å². The Morgan fingerprint density at radius 1 is 1.00 bits per heavy atom. The van der Waals surface area contributed by atoms with Gasteiger partial charge in [-0.05, 0) is 36.2 Å². The second kappa shape index (κ2) is 10.9. The topological polar surface area (TPSA) is 43.3 Å². The van der Waals surface area contributed by atoms with Crippen LogP contribution in [0.4, 0.5) is 0 Å². The lowest BCUT2D eigenvalue weighted by molar-refractivity contribution is -0.00833. The Hall–Kier alpha value is -2.41. The number of hydrogen-bond donors (Lipinski definition) is 1. The molecule has 2 aromatic carbocycles. The van der Waals surface area contributed by atoms with Crippen LogP contribution in [0.2, 0.25) is 0 Å². The van der Waals surface area contributed by atoms with Crippen LogP contribution in [0.1, 0.15) is 28.4 Å². The number of hydrogen-bond acceptors (Lipinski definition) is 4. The molecule has 0 bridgehead atoms. The summed E-state index contributed by atoms with van der Waals surface area (Å²) in [5.41, 5.74) is 5.21. The van der Waals surface area contributed by atoms with Crippen LogP contribution in [0.25, 0.3) is 0 Å². The maximum absolute atomic E-state index is 6.08. The lowest BCUT2D eigenvalue weighted by Gasteiger charge is -2.35. The predicted octanol–water partition coefficient (Wildman–Crippen LogP) is 2.89. The van der Waals surface area contributed by atoms with Gasteiger partial charge >= 0.3 is 0 Å². The molecule has 0 saturated carbocycles. The van der Waals surface area contributed by atoms with Crippen LogP contribution in [-0.4, -0.2) is 80.6 Å². The third-order valence-corrected chi connectivity index (χ3v) is 6.59. The number of nitrogens with one attached hydrogen (secondary N) is 1. The third-order valence-electron chi connectivity index (χ3n) is 6.59. The van der Waals surface area contributed by atoms with Gasteiger partial charge in [-0.25, -0.2) is 0 Å². The van der Waals surface area contributed by atoms with Gasteiger partial charge in [-0.1, -0.05) is 48.5 Å². The summed E-state index contributed by atoms with van der Waals surface area (Å²) >= 11 is 0. The number of nitrogens with zero attached hydrogens (tertiary/aromatic N) is 4. The molecule has 4 rings (SSSR count). The zero-order valence-electron chi connectivity index (χ0n) is 19.8. The highest BCUT2D eigenvalue weighted by Gasteiger charge is 2.25. The average Bonchev–Trinajstić information content (AvgIpc) is 2.82. The van der Waals surface area contributed by atoms with Crippen molar-refractivity contribution in [2.45, 2.75) is 26.1 Å². The number of rotatable bonds is 5. The van der Waals surface area contributed by atoms with Gasteiger partial charge in [0.1, 0.15) is 6.10 Å². The van der Waals surface area contributed by atoms with Crippen molar-refractivity contribution in [3.05, 3.63) is 70.8 Å². The number of morpholine rings is 1. The molecular weight excluding hydrogens is 398 g/mol. The highest BCUT2D eigenvalue weighted by molar-refractivity contribution is 5.80. The summed E-state index contributed by atoms with van der Waals surface area (Å²) in [4.78, 5) is 11.8. The van der Waals surface area contributed by atoms with E-state index < -0.39 is 0 Å². The van der Waals surface area contributed by atoms with Crippen molar-refractivity contribution in [3.8, 4) is 0 Å². The number of piperazine rings is 1. The molecule has 0 spiro atoms. The molecule has 6 nitrogen and oxygen atoms in total. The van der Waals surface area contributed by atoms with Crippen molar-refractivity contribution in [2.24, 2.45) is 4.99 Å². The first-order valence-electron chi connectivity index (χ1n) is 11.7. The average molecular weight is 436 g/mol. The van der Waals surface area contributed by atoms with E-state index >= 15 is 0 Å². The molecule has 0 radical (unpaired) electrons. The lowest BCUT2D eigenvalue weighted by atomic mass is 10.0. The summed E-state index contributed by atoms with van der Waals surface area (Å²) in [6, 6.07) is 17.5. The van der Waals surface area contributed by atoms with Gasteiger partial charge in [-0.2, -0.15) is 0 Å². The molecule has 0 aliphatic carbocycles. The summed E-state index contributed by atoms with van der Waals surface area (Å²) in [5, 5.41) is 3.55. The SMILES string of the molecule is CN=C(NCc1ccc(CN2CCN(C)CC2)cc1)N1CCOC(c2ccccc2C)C1. The molecule has 2 aliphatic heterocycles. The van der Waals surface area contributed by atoms with E-state index in [0.717, 1.165) is 58.3 Å². The van der Waals surface area contributed by atoms with Crippen molar-refractivity contribution < 1.29 is 4.74 Å². The van der Waals surface area contributed by atoms with E-state index in [1.807, 2.05) is 7.05 Å². The molecule has 0 aromatic heterocycles. The molecule has 1 unspecified atom stereocenters. The Kier molecular flexibility index (Phi) is 7.79. The van der Waals surface area contributed by atoms with Gasteiger partial charge in [-0.15, -0.1) is 0 Å². The fourth-order valence-corrected chi connectivity index (χ4v) is 4.52. The molecular formula is C26H37N5O. The van der Waals surface area contributed by atoms with Gasteiger partial charge in [-0.3, -0.25) is 9.89 Å². The van der Waals surface area contributed by atoms with E-state index in [9.17, 15) is 0 Å². The van der Waals surface area contributed by atoms with Gasteiger partial charge in [0, 0.05) is 52.9 Å². The maximum atomic E-state index is 6.08. The van der Waals surface area contributed by atoms with Gasteiger partial charge in [0.15, 0.2) is 5.96 Å². The van der Waals surface area contributed by atoms with Crippen molar-refractivity contribution in [1.29, 1.82) is 0 Å². The van der Waals surface area contributed by atoms with Crippen molar-refractivity contribution >= 4 is 5.96 Å². The molecule has 6 heteroatoms. The highest BCUT2D eigenvalue weighted by Crippen LogP contribution is 2.25. The number of aryl methyl sites for hydroxylation is 1. The summed E-state index contributed by atoms with van der Waals surface area (Å²) < 4.78 is 6.08. The minimum atomic E-state index is 0.0809. The quantitative estimate of drug-likeness (QED) is 0.578. The number of guanidine groups is 1. The van der Waals surface area contributed by atoms with Crippen LogP contribution < -0.4 is 5.32 Å². The summed E-state index contributed by atoms with van der Waals surface area (Å²) in [6.07, 6.45) is 0.0809. The maximum Gasteiger partial charge on any atom is 0.194 e. The summed E-state index contributed by atoms with van der Waals surface area (Å²) in [6.45, 7) is 11.0. The normalized spacial score (nSPS) is 21.0. The van der Waals surface area contributed by atoms with E-state index in [0.29, 0.717) is 6.61 Å². The van der Waals surface area contributed by atoms with Crippen molar-refractivity contribution in [3.63, 3.8) is 0 Å². The minimum absolute atomic E-state index is 0.0809. The van der Waals surface area contributed by atoms with E-state index in [1.165, 1.54) is 22.3 Å². The fourth-order valence-electron chi connectivity index (χ4n) is 4.52. The van der Waals surface area contributed by atoms with E-state index in [4.69, 9.17) is 4.74 Å². The fraction of sp³-hybridized carbons (Fsp3) is 0.500. The lowest BCUT2D eigenvalue weighted by Crippen LogP contribution is -2.48. The van der Waals surface area contributed by atoms with E-state index in [2.05, 4.69) is 87.5 Å². The Bertz CT molecular complexity index is 889. The molecule has 172 valence electrons. The zero-order valence-corrected chi connectivity index (χ0v) is 19.8. The molecule has 2 aliphatic rings. The molecule has 2 saturated heterocycles. The van der Waals surface area contributed by atoms with Crippen molar-refractivity contribution in [1.82, 2.24) is 20.0 Å². The summed E-state index contributed by atoms with van der Waals surface area (Å²) in [7, 11) is 4.06.